The molecule has 2 aromatic carbocycles. The van der Waals surface area contributed by atoms with Crippen molar-refractivity contribution in [3.63, 3.8) is 0 Å². The Hall–Kier alpha value is -3.92. The number of nitrogens with one attached hydrogen (secondary N) is 3. The number of benzene rings is 2. The summed E-state index contributed by atoms with van der Waals surface area (Å²) in [6.45, 7) is 4.84. The smallest absolute Gasteiger partial charge is 0.251 e. The van der Waals surface area contributed by atoms with Crippen molar-refractivity contribution < 1.29 is 4.79 Å². The summed E-state index contributed by atoms with van der Waals surface area (Å²) < 4.78 is 0. The lowest BCUT2D eigenvalue weighted by molar-refractivity contribution is 0.0955. The quantitative estimate of drug-likeness (QED) is 0.537. The molecular formula is C22H22N6O. The van der Waals surface area contributed by atoms with Crippen LogP contribution in [0.1, 0.15) is 27.2 Å². The van der Waals surface area contributed by atoms with E-state index in [-0.39, 0.29) is 5.91 Å². The number of amides is 1. The van der Waals surface area contributed by atoms with Crippen LogP contribution >= 0.6 is 0 Å². The first-order valence-electron chi connectivity index (χ1n) is 9.25. The van der Waals surface area contributed by atoms with Crippen molar-refractivity contribution in [1.82, 2.24) is 15.3 Å². The van der Waals surface area contributed by atoms with Crippen molar-refractivity contribution in [3.8, 4) is 6.07 Å². The molecule has 0 aliphatic heterocycles. The maximum atomic E-state index is 12.1. The zero-order valence-electron chi connectivity index (χ0n) is 16.4. The van der Waals surface area contributed by atoms with Crippen LogP contribution in [0.15, 0.2) is 54.6 Å². The van der Waals surface area contributed by atoms with Gasteiger partial charge in [0.1, 0.15) is 5.82 Å². The Morgan fingerprint density at radius 2 is 1.72 bits per heavy atom. The fourth-order valence-electron chi connectivity index (χ4n) is 2.64. The normalized spacial score (nSPS) is 10.1. The molecule has 0 bridgehead atoms. The fourth-order valence-corrected chi connectivity index (χ4v) is 2.64. The largest absolute Gasteiger partial charge is 0.352 e. The predicted octanol–water partition coefficient (Wildman–Crippen LogP) is 3.55. The topological polar surface area (TPSA) is 103 Å². The molecule has 29 heavy (non-hydrogen) atoms. The highest BCUT2D eigenvalue weighted by molar-refractivity contribution is 5.94. The van der Waals surface area contributed by atoms with Gasteiger partial charge in [-0.3, -0.25) is 4.79 Å². The van der Waals surface area contributed by atoms with Crippen LogP contribution < -0.4 is 16.0 Å². The van der Waals surface area contributed by atoms with Gasteiger partial charge < -0.3 is 16.0 Å². The molecule has 0 unspecified atom stereocenters. The minimum absolute atomic E-state index is 0.192. The van der Waals surface area contributed by atoms with Crippen molar-refractivity contribution in [2.75, 3.05) is 23.7 Å². The van der Waals surface area contributed by atoms with Gasteiger partial charge in [-0.15, -0.1) is 0 Å². The first-order valence-corrected chi connectivity index (χ1v) is 9.25. The van der Waals surface area contributed by atoms with Crippen LogP contribution in [0.2, 0.25) is 0 Å². The first kappa shape index (κ1) is 19.8. The molecule has 0 aliphatic rings. The number of anilines is 3. The van der Waals surface area contributed by atoms with Gasteiger partial charge in [-0.1, -0.05) is 17.7 Å². The zero-order valence-corrected chi connectivity index (χ0v) is 16.4. The lowest BCUT2D eigenvalue weighted by Crippen LogP contribution is -2.29. The van der Waals surface area contributed by atoms with Crippen LogP contribution in [0.5, 0.6) is 0 Å². The van der Waals surface area contributed by atoms with E-state index in [1.807, 2.05) is 50.2 Å². The molecule has 0 aliphatic carbocycles. The second-order valence-corrected chi connectivity index (χ2v) is 6.58. The molecule has 1 heterocycles. The number of nitriles is 1. The van der Waals surface area contributed by atoms with Gasteiger partial charge in [0.15, 0.2) is 0 Å². The Kier molecular flexibility index (Phi) is 6.38. The van der Waals surface area contributed by atoms with E-state index in [1.165, 1.54) is 5.56 Å². The number of carbonyl (C=O) groups is 1. The molecule has 146 valence electrons. The number of hydrogen-bond acceptors (Lipinski definition) is 6. The second kappa shape index (κ2) is 9.33. The van der Waals surface area contributed by atoms with E-state index in [0.29, 0.717) is 36.0 Å². The van der Waals surface area contributed by atoms with E-state index in [0.717, 1.165) is 11.4 Å². The summed E-state index contributed by atoms with van der Waals surface area (Å²) >= 11 is 0. The van der Waals surface area contributed by atoms with Crippen LogP contribution in [0.3, 0.4) is 0 Å². The molecule has 0 saturated carbocycles. The van der Waals surface area contributed by atoms with E-state index in [2.05, 4.69) is 25.9 Å². The summed E-state index contributed by atoms with van der Waals surface area (Å²) in [6.07, 6.45) is 0. The molecule has 0 spiro atoms. The molecule has 3 aromatic rings. The van der Waals surface area contributed by atoms with Crippen molar-refractivity contribution in [2.45, 2.75) is 13.8 Å². The summed E-state index contributed by atoms with van der Waals surface area (Å²) in [5.41, 5.74) is 4.02. The van der Waals surface area contributed by atoms with E-state index in [4.69, 9.17) is 5.26 Å². The Balaban J connectivity index is 1.52. The van der Waals surface area contributed by atoms with Gasteiger partial charge in [0.25, 0.3) is 5.91 Å². The van der Waals surface area contributed by atoms with Crippen molar-refractivity contribution in [2.24, 2.45) is 0 Å². The van der Waals surface area contributed by atoms with Gasteiger partial charge in [0, 0.05) is 36.1 Å². The first-order chi connectivity index (χ1) is 14.0. The SMILES string of the molecule is Cc1ccc(Nc2cc(C)nc(NCCNC(=O)c3ccc(C#N)cc3)n2)cc1. The van der Waals surface area contributed by atoms with E-state index >= 15 is 0 Å². The maximum absolute atomic E-state index is 12.1. The lowest BCUT2D eigenvalue weighted by atomic mass is 10.1. The molecule has 0 saturated heterocycles. The third kappa shape index (κ3) is 5.78. The minimum atomic E-state index is -0.192. The lowest BCUT2D eigenvalue weighted by Gasteiger charge is -2.11. The molecule has 1 amide bonds. The highest BCUT2D eigenvalue weighted by Crippen LogP contribution is 2.17. The highest BCUT2D eigenvalue weighted by Gasteiger charge is 2.06. The van der Waals surface area contributed by atoms with E-state index in [9.17, 15) is 4.79 Å². The van der Waals surface area contributed by atoms with Gasteiger partial charge in [-0.05, 0) is 50.2 Å². The molecule has 7 nitrogen and oxygen atoms in total. The molecule has 0 radical (unpaired) electrons. The predicted molar refractivity (Wildman–Crippen MR) is 113 cm³/mol. The summed E-state index contributed by atoms with van der Waals surface area (Å²) in [6, 6.07) is 18.5. The molecule has 3 rings (SSSR count). The monoisotopic (exact) mass is 386 g/mol. The van der Waals surface area contributed by atoms with Crippen molar-refractivity contribution in [3.05, 3.63) is 77.0 Å². The van der Waals surface area contributed by atoms with Crippen LogP contribution in [0, 0.1) is 25.2 Å². The molecular weight excluding hydrogens is 364 g/mol. The molecule has 7 heteroatoms. The number of nitrogens with zero attached hydrogens (tertiary/aromatic N) is 3. The fraction of sp³-hybridized carbons (Fsp3) is 0.182. The third-order valence-electron chi connectivity index (χ3n) is 4.15. The molecule has 1 aromatic heterocycles. The molecule has 3 N–H and O–H groups in total. The van der Waals surface area contributed by atoms with Crippen molar-refractivity contribution in [1.29, 1.82) is 5.26 Å². The summed E-state index contributed by atoms with van der Waals surface area (Å²) in [5, 5.41) is 18.0. The minimum Gasteiger partial charge on any atom is -0.352 e. The second-order valence-electron chi connectivity index (χ2n) is 6.58. The van der Waals surface area contributed by atoms with Crippen LogP contribution in [-0.2, 0) is 0 Å². The summed E-state index contributed by atoms with van der Waals surface area (Å²) in [4.78, 5) is 21.0. The zero-order chi connectivity index (χ0) is 20.6. The van der Waals surface area contributed by atoms with Gasteiger partial charge in [-0.25, -0.2) is 4.98 Å². The van der Waals surface area contributed by atoms with E-state index < -0.39 is 0 Å². The number of aryl methyl sites for hydroxylation is 2. The van der Waals surface area contributed by atoms with Gasteiger partial charge >= 0.3 is 0 Å². The Bertz CT molecular complexity index is 1020. The van der Waals surface area contributed by atoms with Gasteiger partial charge in [0.05, 0.1) is 11.6 Å². The number of carbonyl (C=O) groups excluding carboxylic acids is 1. The van der Waals surface area contributed by atoms with Crippen LogP contribution in [-0.4, -0.2) is 29.0 Å². The summed E-state index contributed by atoms with van der Waals surface area (Å²) in [5.74, 6) is 1.00. The van der Waals surface area contributed by atoms with Gasteiger partial charge in [0.2, 0.25) is 5.95 Å². The average Bonchev–Trinajstić information content (AvgIpc) is 2.72. The van der Waals surface area contributed by atoms with Gasteiger partial charge in [-0.2, -0.15) is 10.2 Å². The third-order valence-corrected chi connectivity index (χ3v) is 4.15. The van der Waals surface area contributed by atoms with Crippen LogP contribution in [0.25, 0.3) is 0 Å². The number of hydrogen-bond donors (Lipinski definition) is 3. The number of rotatable bonds is 7. The van der Waals surface area contributed by atoms with E-state index in [1.54, 1.807) is 24.3 Å². The number of aromatic nitrogens is 2. The maximum Gasteiger partial charge on any atom is 0.251 e. The summed E-state index contributed by atoms with van der Waals surface area (Å²) in [7, 11) is 0. The standard InChI is InChI=1S/C22H22N6O/c1-15-3-9-19(10-4-15)27-20-13-16(2)26-22(28-20)25-12-11-24-21(29)18-7-5-17(14-23)6-8-18/h3-10,13H,11-12H2,1-2H3,(H,24,29)(H2,25,26,27,28). The Morgan fingerprint density at radius 3 is 2.41 bits per heavy atom. The highest BCUT2D eigenvalue weighted by atomic mass is 16.1. The molecule has 0 fully saturated rings. The van der Waals surface area contributed by atoms with Crippen LogP contribution in [0.4, 0.5) is 17.5 Å². The van der Waals surface area contributed by atoms with Crippen molar-refractivity contribution >= 4 is 23.4 Å². The Morgan fingerprint density at radius 1 is 1.00 bits per heavy atom. The molecule has 0 atom stereocenters. The average molecular weight is 386 g/mol. The Labute approximate surface area is 169 Å².